The molecule has 6 heteroatoms. The second-order valence-corrected chi connectivity index (χ2v) is 5.23. The van der Waals surface area contributed by atoms with E-state index in [4.69, 9.17) is 14.2 Å². The van der Waals surface area contributed by atoms with Crippen LogP contribution in [0.1, 0.15) is 20.7 Å². The molecule has 120 valence electrons. The fraction of sp³-hybridized carbons (Fsp3) is 0.294. The summed E-state index contributed by atoms with van der Waals surface area (Å²) in [4.78, 5) is 26.7. The van der Waals surface area contributed by atoms with Crippen molar-refractivity contribution < 1.29 is 23.8 Å². The number of hydrogen-bond acceptors (Lipinski definition) is 6. The van der Waals surface area contributed by atoms with E-state index in [0.29, 0.717) is 24.3 Å². The first-order valence-electron chi connectivity index (χ1n) is 7.19. The van der Waals surface area contributed by atoms with Crippen molar-refractivity contribution in [2.45, 2.75) is 0 Å². The first kappa shape index (κ1) is 15.1. The summed E-state index contributed by atoms with van der Waals surface area (Å²) in [6.07, 6.45) is 0. The van der Waals surface area contributed by atoms with Crippen LogP contribution in [0.2, 0.25) is 0 Å². The van der Waals surface area contributed by atoms with Crippen molar-refractivity contribution in [3.63, 3.8) is 0 Å². The first-order valence-corrected chi connectivity index (χ1v) is 7.19. The van der Waals surface area contributed by atoms with Crippen LogP contribution in [-0.2, 0) is 9.47 Å². The summed E-state index contributed by atoms with van der Waals surface area (Å²) in [6.45, 7) is 1.11. The zero-order valence-electron chi connectivity index (χ0n) is 13.2. The molecule has 0 fully saturated rings. The van der Waals surface area contributed by atoms with Crippen molar-refractivity contribution in [1.82, 2.24) is 0 Å². The van der Waals surface area contributed by atoms with Crippen LogP contribution >= 0.6 is 0 Å². The summed E-state index contributed by atoms with van der Waals surface area (Å²) in [6, 6.07) is 7.37. The van der Waals surface area contributed by atoms with E-state index in [1.165, 1.54) is 14.2 Å². The SMILES string of the molecule is COC(=O)c1c2c(c3ccccc3c1C(=O)OC)N(C)CCO2. The summed E-state index contributed by atoms with van der Waals surface area (Å²) < 4.78 is 15.5. The lowest BCUT2D eigenvalue weighted by Gasteiger charge is -2.31. The second-order valence-electron chi connectivity index (χ2n) is 5.23. The second kappa shape index (κ2) is 5.79. The molecule has 0 saturated carbocycles. The number of carbonyl (C=O) groups excluding carboxylic acids is 2. The van der Waals surface area contributed by atoms with Crippen LogP contribution in [0.15, 0.2) is 24.3 Å². The van der Waals surface area contributed by atoms with Crippen molar-refractivity contribution in [2.24, 2.45) is 0 Å². The van der Waals surface area contributed by atoms with Gasteiger partial charge in [-0.25, -0.2) is 9.59 Å². The van der Waals surface area contributed by atoms with Gasteiger partial charge in [0.25, 0.3) is 0 Å². The number of methoxy groups -OCH3 is 2. The van der Waals surface area contributed by atoms with Gasteiger partial charge >= 0.3 is 11.9 Å². The summed E-state index contributed by atoms with van der Waals surface area (Å²) in [5.74, 6) is -0.853. The Balaban J connectivity index is 2.50. The van der Waals surface area contributed by atoms with Gasteiger partial charge in [-0.2, -0.15) is 0 Å². The van der Waals surface area contributed by atoms with Crippen LogP contribution in [0.3, 0.4) is 0 Å². The van der Waals surface area contributed by atoms with Gasteiger partial charge < -0.3 is 19.1 Å². The van der Waals surface area contributed by atoms with E-state index < -0.39 is 11.9 Å². The van der Waals surface area contributed by atoms with Crippen LogP contribution in [0.4, 0.5) is 5.69 Å². The van der Waals surface area contributed by atoms with Crippen molar-refractivity contribution in [1.29, 1.82) is 0 Å². The maximum absolute atomic E-state index is 12.3. The van der Waals surface area contributed by atoms with Crippen molar-refractivity contribution in [2.75, 3.05) is 39.3 Å². The van der Waals surface area contributed by atoms with E-state index >= 15 is 0 Å². The fourth-order valence-corrected chi connectivity index (χ4v) is 2.92. The topological polar surface area (TPSA) is 65.1 Å². The maximum atomic E-state index is 12.3. The predicted molar refractivity (Wildman–Crippen MR) is 85.4 cm³/mol. The average Bonchev–Trinajstić information content (AvgIpc) is 2.59. The molecule has 0 N–H and O–H groups in total. The van der Waals surface area contributed by atoms with E-state index in [2.05, 4.69) is 0 Å². The van der Waals surface area contributed by atoms with E-state index in [9.17, 15) is 9.59 Å². The van der Waals surface area contributed by atoms with Crippen LogP contribution < -0.4 is 9.64 Å². The van der Waals surface area contributed by atoms with Gasteiger partial charge in [0.05, 0.1) is 32.0 Å². The smallest absolute Gasteiger partial charge is 0.342 e. The molecule has 0 aliphatic carbocycles. The number of nitrogens with zero attached hydrogens (tertiary/aromatic N) is 1. The van der Waals surface area contributed by atoms with Gasteiger partial charge in [-0.05, 0) is 5.39 Å². The highest BCUT2D eigenvalue weighted by Crippen LogP contribution is 2.44. The molecule has 1 heterocycles. The largest absolute Gasteiger partial charge is 0.489 e. The van der Waals surface area contributed by atoms with Crippen LogP contribution in [-0.4, -0.2) is 46.4 Å². The molecular formula is C17H17NO5. The molecule has 2 aromatic carbocycles. The molecule has 23 heavy (non-hydrogen) atoms. The lowest BCUT2D eigenvalue weighted by Crippen LogP contribution is -2.31. The van der Waals surface area contributed by atoms with Crippen LogP contribution in [0, 0.1) is 0 Å². The Bertz CT molecular complexity index is 799. The Morgan fingerprint density at radius 2 is 1.65 bits per heavy atom. The molecule has 1 aliphatic rings. The third-order valence-electron chi connectivity index (χ3n) is 3.98. The molecular weight excluding hydrogens is 298 g/mol. The number of esters is 2. The number of fused-ring (bicyclic) bond motifs is 3. The van der Waals surface area contributed by atoms with Crippen LogP contribution in [0.25, 0.3) is 10.8 Å². The molecule has 2 aromatic rings. The van der Waals surface area contributed by atoms with Gasteiger partial charge in [0, 0.05) is 12.4 Å². The molecule has 0 bridgehead atoms. The zero-order valence-corrected chi connectivity index (χ0v) is 13.2. The molecule has 0 atom stereocenters. The minimum atomic E-state index is -0.622. The maximum Gasteiger partial charge on any atom is 0.342 e. The average molecular weight is 315 g/mol. The Morgan fingerprint density at radius 1 is 1.04 bits per heavy atom. The number of hydrogen-bond donors (Lipinski definition) is 0. The zero-order chi connectivity index (χ0) is 16.6. The lowest BCUT2D eigenvalue weighted by atomic mass is 9.94. The molecule has 0 spiro atoms. The summed E-state index contributed by atoms with van der Waals surface area (Å²) in [5, 5.41) is 1.47. The fourth-order valence-electron chi connectivity index (χ4n) is 2.92. The molecule has 0 saturated heterocycles. The Labute approximate surface area is 133 Å². The Hall–Kier alpha value is -2.76. The number of likely N-dealkylation sites (N-methyl/N-ethyl adjacent to an activating group) is 1. The van der Waals surface area contributed by atoms with Gasteiger partial charge in [0.2, 0.25) is 0 Å². The normalized spacial score (nSPS) is 13.3. The predicted octanol–water partition coefficient (Wildman–Crippen LogP) is 2.24. The highest BCUT2D eigenvalue weighted by atomic mass is 16.5. The highest BCUT2D eigenvalue weighted by Gasteiger charge is 2.32. The van der Waals surface area contributed by atoms with Crippen molar-refractivity contribution in [3.8, 4) is 5.75 Å². The highest BCUT2D eigenvalue weighted by molar-refractivity contribution is 6.18. The van der Waals surface area contributed by atoms with E-state index in [0.717, 1.165) is 11.1 Å². The standard InChI is InChI=1S/C17H17NO5/c1-18-8-9-23-15-13(17(20)22-3)12(16(19)21-2)10-6-4-5-7-11(10)14(15)18/h4-7H,8-9H2,1-3H3. The number of rotatable bonds is 2. The Kier molecular flexibility index (Phi) is 3.82. The minimum Gasteiger partial charge on any atom is -0.489 e. The molecule has 6 nitrogen and oxygen atoms in total. The third-order valence-corrected chi connectivity index (χ3v) is 3.98. The Morgan fingerprint density at radius 3 is 2.30 bits per heavy atom. The van der Waals surface area contributed by atoms with Crippen molar-refractivity contribution >= 4 is 28.4 Å². The molecule has 0 radical (unpaired) electrons. The number of ether oxygens (including phenoxy) is 3. The first-order chi connectivity index (χ1) is 11.1. The minimum absolute atomic E-state index is 0.111. The monoisotopic (exact) mass is 315 g/mol. The van der Waals surface area contributed by atoms with Gasteiger partial charge in [-0.15, -0.1) is 0 Å². The summed E-state index contributed by atoms with van der Waals surface area (Å²) in [5.41, 5.74) is 1.06. The van der Waals surface area contributed by atoms with Gasteiger partial charge in [0.1, 0.15) is 12.2 Å². The van der Waals surface area contributed by atoms with Gasteiger partial charge in [0.15, 0.2) is 5.75 Å². The summed E-state index contributed by atoms with van der Waals surface area (Å²) in [7, 11) is 4.48. The molecule has 1 aliphatic heterocycles. The lowest BCUT2D eigenvalue weighted by molar-refractivity contribution is 0.0553. The number of carbonyl (C=O) groups is 2. The van der Waals surface area contributed by atoms with Crippen LogP contribution in [0.5, 0.6) is 5.75 Å². The van der Waals surface area contributed by atoms with E-state index in [1.54, 1.807) is 6.07 Å². The number of benzene rings is 2. The summed E-state index contributed by atoms with van der Waals surface area (Å²) >= 11 is 0. The quantitative estimate of drug-likeness (QED) is 0.792. The molecule has 3 rings (SSSR count). The molecule has 0 aromatic heterocycles. The third kappa shape index (κ3) is 2.27. The van der Waals surface area contributed by atoms with Gasteiger partial charge in [-0.1, -0.05) is 24.3 Å². The molecule has 0 unspecified atom stereocenters. The van der Waals surface area contributed by atoms with E-state index in [1.807, 2.05) is 30.1 Å². The molecule has 0 amide bonds. The van der Waals surface area contributed by atoms with Gasteiger partial charge in [-0.3, -0.25) is 0 Å². The number of anilines is 1. The van der Waals surface area contributed by atoms with E-state index in [-0.39, 0.29) is 11.1 Å². The van der Waals surface area contributed by atoms with Crippen molar-refractivity contribution in [3.05, 3.63) is 35.4 Å².